The van der Waals surface area contributed by atoms with E-state index < -0.39 is 10.0 Å². The predicted octanol–water partition coefficient (Wildman–Crippen LogP) is 3.02. The summed E-state index contributed by atoms with van der Waals surface area (Å²) in [6.45, 7) is 12.0. The molecule has 1 amide bonds. The topological polar surface area (TPSA) is 69.7 Å². The zero-order valence-corrected chi connectivity index (χ0v) is 19.0. The predicted molar refractivity (Wildman–Crippen MR) is 117 cm³/mol. The molecule has 0 saturated carbocycles. The first kappa shape index (κ1) is 22.2. The first-order valence-electron chi connectivity index (χ1n) is 10.9. The number of carbonyl (C=O) groups is 1. The highest BCUT2D eigenvalue weighted by Gasteiger charge is 2.31. The molecule has 1 aromatic carbocycles. The van der Waals surface area contributed by atoms with Crippen LogP contribution >= 0.6 is 0 Å². The average Bonchev–Trinajstić information content (AvgIpc) is 2.99. The molecule has 1 fully saturated rings. The van der Waals surface area contributed by atoms with Crippen LogP contribution in [0, 0.1) is 11.8 Å². The molecule has 3 rings (SSSR count). The average molecular weight is 422 g/mol. The van der Waals surface area contributed by atoms with Gasteiger partial charge in [-0.2, -0.15) is 0 Å². The number of piperidine rings is 1. The van der Waals surface area contributed by atoms with Crippen LogP contribution in [-0.2, 0) is 21.2 Å². The Balaban J connectivity index is 1.58. The van der Waals surface area contributed by atoms with E-state index in [2.05, 4.69) is 23.5 Å². The molecule has 7 heteroatoms. The molecule has 2 aliphatic heterocycles. The summed E-state index contributed by atoms with van der Waals surface area (Å²) < 4.78 is 28.2. The van der Waals surface area contributed by atoms with E-state index in [1.807, 2.05) is 13.8 Å². The smallest absolute Gasteiger partial charge is 0.240 e. The minimum Gasteiger partial charge on any atom is -0.309 e. The van der Waals surface area contributed by atoms with E-state index in [0.29, 0.717) is 31.2 Å². The minimum atomic E-state index is -3.54. The summed E-state index contributed by atoms with van der Waals surface area (Å²) in [5.41, 5.74) is 1.77. The molecule has 2 aliphatic rings. The number of nitrogens with zero attached hydrogens (tertiary/aromatic N) is 2. The van der Waals surface area contributed by atoms with Gasteiger partial charge in [-0.15, -0.1) is 0 Å². The number of fused-ring (bicyclic) bond motifs is 1. The Morgan fingerprint density at radius 3 is 2.52 bits per heavy atom. The molecule has 0 radical (unpaired) electrons. The highest BCUT2D eigenvalue weighted by Crippen LogP contribution is 2.34. The summed E-state index contributed by atoms with van der Waals surface area (Å²) in [4.78, 5) is 16.7. The number of amides is 1. The molecule has 1 N–H and O–H groups in total. The molecule has 0 spiro atoms. The van der Waals surface area contributed by atoms with Crippen LogP contribution in [0.3, 0.4) is 0 Å². The Labute approximate surface area is 175 Å². The standard InChI is InChI=1S/C22H35N3O3S/c1-5-22(26)25-18(4)12-19-13-20(7-8-21(19)25)29(27,28)23-9-6-10-24-14-16(2)11-17(3)15-24/h7-8,13,16-18,23H,5-6,9-12,14-15H2,1-4H3/t16-,17-,18-/m1/s1. The fraction of sp³-hybridized carbons (Fsp3) is 0.682. The lowest BCUT2D eigenvalue weighted by Gasteiger charge is -2.34. The summed E-state index contributed by atoms with van der Waals surface area (Å²) in [7, 11) is -3.54. The van der Waals surface area contributed by atoms with E-state index in [4.69, 9.17) is 0 Å². The van der Waals surface area contributed by atoms with Crippen LogP contribution in [-0.4, -0.2) is 51.4 Å². The van der Waals surface area contributed by atoms with E-state index in [-0.39, 0.29) is 16.8 Å². The number of sulfonamides is 1. The van der Waals surface area contributed by atoms with Crippen molar-refractivity contribution < 1.29 is 13.2 Å². The van der Waals surface area contributed by atoms with Crippen molar-refractivity contribution in [3.63, 3.8) is 0 Å². The Morgan fingerprint density at radius 1 is 1.17 bits per heavy atom. The second kappa shape index (κ2) is 9.14. The summed E-state index contributed by atoms with van der Waals surface area (Å²) in [6, 6.07) is 5.18. The van der Waals surface area contributed by atoms with Gasteiger partial charge in [-0.1, -0.05) is 20.8 Å². The zero-order valence-electron chi connectivity index (χ0n) is 18.1. The van der Waals surface area contributed by atoms with Crippen molar-refractivity contribution in [1.29, 1.82) is 0 Å². The molecule has 1 aromatic rings. The van der Waals surface area contributed by atoms with Crippen molar-refractivity contribution in [2.24, 2.45) is 11.8 Å². The van der Waals surface area contributed by atoms with Crippen molar-refractivity contribution in [3.8, 4) is 0 Å². The van der Waals surface area contributed by atoms with Gasteiger partial charge in [-0.3, -0.25) is 4.79 Å². The molecule has 1 saturated heterocycles. The second-order valence-corrected chi connectivity index (χ2v) is 10.7. The second-order valence-electron chi connectivity index (χ2n) is 8.92. The van der Waals surface area contributed by atoms with Gasteiger partial charge in [0.25, 0.3) is 0 Å². The molecule has 162 valence electrons. The monoisotopic (exact) mass is 421 g/mol. The third-order valence-electron chi connectivity index (χ3n) is 6.04. The molecular weight excluding hydrogens is 386 g/mol. The summed E-state index contributed by atoms with van der Waals surface area (Å²) in [5, 5.41) is 0. The van der Waals surface area contributed by atoms with Gasteiger partial charge < -0.3 is 9.80 Å². The first-order chi connectivity index (χ1) is 13.7. The van der Waals surface area contributed by atoms with E-state index in [1.54, 1.807) is 23.1 Å². The van der Waals surface area contributed by atoms with Crippen molar-refractivity contribution >= 4 is 21.6 Å². The van der Waals surface area contributed by atoms with Crippen molar-refractivity contribution in [3.05, 3.63) is 23.8 Å². The van der Waals surface area contributed by atoms with E-state index in [1.165, 1.54) is 6.42 Å². The SMILES string of the molecule is CCC(=O)N1c2ccc(S(=O)(=O)NCCCN3C[C@H](C)C[C@@H](C)C3)cc2C[C@H]1C. The van der Waals surface area contributed by atoms with Crippen LogP contribution in [0.1, 0.15) is 52.5 Å². The van der Waals surface area contributed by atoms with Crippen molar-refractivity contribution in [2.45, 2.75) is 64.3 Å². The van der Waals surface area contributed by atoms with E-state index >= 15 is 0 Å². The molecule has 29 heavy (non-hydrogen) atoms. The van der Waals surface area contributed by atoms with Gasteiger partial charge in [0.1, 0.15) is 0 Å². The Morgan fingerprint density at radius 2 is 1.86 bits per heavy atom. The van der Waals surface area contributed by atoms with E-state index in [9.17, 15) is 13.2 Å². The number of hydrogen-bond acceptors (Lipinski definition) is 4. The number of likely N-dealkylation sites (tertiary alicyclic amines) is 1. The lowest BCUT2D eigenvalue weighted by atomic mass is 9.92. The van der Waals surface area contributed by atoms with Crippen molar-refractivity contribution in [1.82, 2.24) is 9.62 Å². The molecule has 0 aliphatic carbocycles. The Kier molecular flexibility index (Phi) is 7.02. The third kappa shape index (κ3) is 5.19. The lowest BCUT2D eigenvalue weighted by Crippen LogP contribution is -2.40. The number of carbonyl (C=O) groups excluding carboxylic acids is 1. The molecule has 0 bridgehead atoms. The largest absolute Gasteiger partial charge is 0.309 e. The van der Waals surface area contributed by atoms with Gasteiger partial charge in [0.15, 0.2) is 0 Å². The molecule has 0 aromatic heterocycles. The van der Waals surface area contributed by atoms with Crippen LogP contribution in [0.15, 0.2) is 23.1 Å². The quantitative estimate of drug-likeness (QED) is 0.687. The number of benzene rings is 1. The van der Waals surface area contributed by atoms with Crippen LogP contribution in [0.4, 0.5) is 5.69 Å². The van der Waals surface area contributed by atoms with Crippen LogP contribution < -0.4 is 9.62 Å². The normalized spacial score (nSPS) is 25.2. The summed E-state index contributed by atoms with van der Waals surface area (Å²) >= 11 is 0. The summed E-state index contributed by atoms with van der Waals surface area (Å²) in [6.07, 6.45) is 3.22. The first-order valence-corrected chi connectivity index (χ1v) is 12.4. The maximum absolute atomic E-state index is 12.7. The van der Waals surface area contributed by atoms with Crippen molar-refractivity contribution in [2.75, 3.05) is 31.1 Å². The number of nitrogens with one attached hydrogen (secondary N) is 1. The lowest BCUT2D eigenvalue weighted by molar-refractivity contribution is -0.118. The van der Waals surface area contributed by atoms with Crippen LogP contribution in [0.2, 0.25) is 0 Å². The molecule has 3 atom stereocenters. The number of hydrogen-bond donors (Lipinski definition) is 1. The third-order valence-corrected chi connectivity index (χ3v) is 7.49. The maximum atomic E-state index is 12.7. The number of anilines is 1. The van der Waals surface area contributed by atoms with Gasteiger partial charge in [0.2, 0.25) is 15.9 Å². The maximum Gasteiger partial charge on any atom is 0.240 e. The molecule has 0 unspecified atom stereocenters. The van der Waals surface area contributed by atoms with E-state index in [0.717, 1.165) is 37.3 Å². The molecule has 6 nitrogen and oxygen atoms in total. The molecule has 2 heterocycles. The van der Waals surface area contributed by atoms with Gasteiger partial charge in [0.05, 0.1) is 4.90 Å². The fourth-order valence-corrected chi connectivity index (χ4v) is 6.02. The van der Waals surface area contributed by atoms with Crippen LogP contribution in [0.25, 0.3) is 0 Å². The highest BCUT2D eigenvalue weighted by molar-refractivity contribution is 7.89. The Hall–Kier alpha value is -1.44. The van der Waals surface area contributed by atoms with Crippen LogP contribution in [0.5, 0.6) is 0 Å². The highest BCUT2D eigenvalue weighted by atomic mass is 32.2. The number of rotatable bonds is 7. The van der Waals surface area contributed by atoms with Gasteiger partial charge in [-0.05, 0) is 68.3 Å². The molecular formula is C22H35N3O3S. The fourth-order valence-electron chi connectivity index (χ4n) is 4.89. The minimum absolute atomic E-state index is 0.0673. The van der Waals surface area contributed by atoms with Gasteiger partial charge >= 0.3 is 0 Å². The van der Waals surface area contributed by atoms with Gasteiger partial charge in [-0.25, -0.2) is 13.1 Å². The van der Waals surface area contributed by atoms with Gasteiger partial charge in [0, 0.05) is 37.8 Å². The zero-order chi connectivity index (χ0) is 21.2. The summed E-state index contributed by atoms with van der Waals surface area (Å²) in [5.74, 6) is 1.50. The Bertz CT molecular complexity index is 830.